The number of halogens is 2. The quantitative estimate of drug-likeness (QED) is 0.179. The molecule has 13 heteroatoms. The number of likely N-dealkylation sites (tertiary alicyclic amines) is 2. The number of nitrogens with zero attached hydrogens (tertiary/aromatic N) is 4. The van der Waals surface area contributed by atoms with Crippen LogP contribution < -0.4 is 20.1 Å². The molecule has 0 radical (unpaired) electrons. The second-order valence-corrected chi connectivity index (χ2v) is 14.5. The number of rotatable bonds is 11. The summed E-state index contributed by atoms with van der Waals surface area (Å²) < 4.78 is 11.3. The minimum absolute atomic E-state index is 0.137. The van der Waals surface area contributed by atoms with Crippen LogP contribution in [0.5, 0.6) is 11.6 Å². The van der Waals surface area contributed by atoms with Gasteiger partial charge in [-0.05, 0) is 25.0 Å². The van der Waals surface area contributed by atoms with E-state index in [1.54, 1.807) is 45.5 Å². The summed E-state index contributed by atoms with van der Waals surface area (Å²) in [5.74, 6) is 0.764. The number of anilines is 1. The van der Waals surface area contributed by atoms with Crippen molar-refractivity contribution in [3.63, 3.8) is 0 Å². The van der Waals surface area contributed by atoms with E-state index in [2.05, 4.69) is 20.5 Å². The average Bonchev–Trinajstić information content (AvgIpc) is 3.07. The van der Waals surface area contributed by atoms with Crippen LogP contribution in [0.4, 0.5) is 5.69 Å². The Hall–Kier alpha value is -4.26. The molecule has 2 saturated heterocycles. The van der Waals surface area contributed by atoms with E-state index in [0.29, 0.717) is 62.8 Å². The van der Waals surface area contributed by atoms with Gasteiger partial charge in [0.25, 0.3) is 5.91 Å². The Labute approximate surface area is 306 Å². The first-order valence-electron chi connectivity index (χ1n) is 16.9. The van der Waals surface area contributed by atoms with Crippen molar-refractivity contribution in [2.75, 3.05) is 45.7 Å². The number of methoxy groups -OCH3 is 2. The molecule has 0 bridgehead atoms. The van der Waals surface area contributed by atoms with E-state index in [4.69, 9.17) is 37.7 Å². The molecule has 1 spiro atoms. The van der Waals surface area contributed by atoms with E-state index < -0.39 is 5.91 Å². The minimum Gasteiger partial charge on any atom is -0.496 e. The van der Waals surface area contributed by atoms with Crippen molar-refractivity contribution in [3.8, 4) is 34.0 Å². The highest BCUT2D eigenvalue weighted by molar-refractivity contribution is 6.39. The number of ether oxygens (including phenoxy) is 2. The standard InChI is InChI=1S/C38H40Cl2N6O5/c1-22(47)46-20-38(21-46)18-45(19-38)17-23-10-11-30(44-37(23)51-3)29-8-4-6-27(34(29)39)28-7-5-9-31(35(28)40)43-36(49)32-14-33(50-2)24(16-42-32)15-41-25-12-26(48)13-25/h4-11,14,16,25-26,41,48H,12-13,15,17-21H2,1-3H3,(H,43,49). The lowest BCUT2D eigenvalue weighted by atomic mass is 9.72. The Balaban J connectivity index is 1.05. The lowest BCUT2D eigenvalue weighted by Gasteiger charge is -2.60. The van der Waals surface area contributed by atoms with Crippen LogP contribution in [0, 0.1) is 5.41 Å². The van der Waals surface area contributed by atoms with E-state index in [-0.39, 0.29) is 29.2 Å². The van der Waals surface area contributed by atoms with Crippen molar-refractivity contribution in [2.45, 2.75) is 45.0 Å². The zero-order chi connectivity index (χ0) is 35.9. The number of carbonyl (C=O) groups excluding carboxylic acids is 2. The van der Waals surface area contributed by atoms with Crippen LogP contribution in [-0.2, 0) is 17.9 Å². The summed E-state index contributed by atoms with van der Waals surface area (Å²) in [5.41, 5.74) is 5.29. The Bertz CT molecular complexity index is 1970. The monoisotopic (exact) mass is 730 g/mol. The third-order valence-electron chi connectivity index (χ3n) is 10.0. The highest BCUT2D eigenvalue weighted by atomic mass is 35.5. The number of benzene rings is 2. The second kappa shape index (κ2) is 14.4. The summed E-state index contributed by atoms with van der Waals surface area (Å²) in [6.45, 7) is 6.38. The molecule has 4 aromatic rings. The number of carbonyl (C=O) groups is 2. The maximum absolute atomic E-state index is 13.3. The predicted molar refractivity (Wildman–Crippen MR) is 196 cm³/mol. The summed E-state index contributed by atoms with van der Waals surface area (Å²) in [5, 5.41) is 16.6. The summed E-state index contributed by atoms with van der Waals surface area (Å²) in [6, 6.07) is 16.9. The van der Waals surface area contributed by atoms with E-state index in [1.165, 1.54) is 0 Å². The highest BCUT2D eigenvalue weighted by Gasteiger charge is 2.52. The molecule has 51 heavy (non-hydrogen) atoms. The van der Waals surface area contributed by atoms with E-state index in [0.717, 1.165) is 50.1 Å². The minimum atomic E-state index is -0.440. The third kappa shape index (κ3) is 7.14. The van der Waals surface area contributed by atoms with Crippen LogP contribution in [0.15, 0.2) is 60.8 Å². The summed E-state index contributed by atoms with van der Waals surface area (Å²) in [4.78, 5) is 38.4. The van der Waals surface area contributed by atoms with E-state index in [1.807, 2.05) is 41.3 Å². The van der Waals surface area contributed by atoms with Gasteiger partial charge in [0.15, 0.2) is 0 Å². The number of hydrogen-bond acceptors (Lipinski definition) is 9. The van der Waals surface area contributed by atoms with Gasteiger partial charge in [0.2, 0.25) is 11.8 Å². The van der Waals surface area contributed by atoms with Gasteiger partial charge in [-0.3, -0.25) is 19.5 Å². The van der Waals surface area contributed by atoms with Crippen molar-refractivity contribution in [2.24, 2.45) is 5.41 Å². The molecule has 3 fully saturated rings. The molecule has 7 rings (SSSR count). The molecule has 0 unspecified atom stereocenters. The van der Waals surface area contributed by atoms with Gasteiger partial charge in [0, 0.05) is 97.7 Å². The summed E-state index contributed by atoms with van der Waals surface area (Å²) >= 11 is 14.0. The van der Waals surface area contributed by atoms with Gasteiger partial charge in [-0.1, -0.05) is 59.6 Å². The summed E-state index contributed by atoms with van der Waals surface area (Å²) in [6.07, 6.45) is 2.81. The molecule has 11 nitrogen and oxygen atoms in total. The first-order valence-corrected chi connectivity index (χ1v) is 17.7. The van der Waals surface area contributed by atoms with Crippen LogP contribution in [-0.4, -0.2) is 89.2 Å². The predicted octanol–water partition coefficient (Wildman–Crippen LogP) is 5.66. The van der Waals surface area contributed by atoms with Gasteiger partial charge >= 0.3 is 0 Å². The van der Waals surface area contributed by atoms with Crippen molar-refractivity contribution in [3.05, 3.63) is 87.7 Å². The van der Waals surface area contributed by atoms with Gasteiger partial charge in [0.1, 0.15) is 11.4 Å². The van der Waals surface area contributed by atoms with Gasteiger partial charge in [0.05, 0.1) is 41.8 Å². The highest BCUT2D eigenvalue weighted by Crippen LogP contribution is 2.43. The Kier molecular flexibility index (Phi) is 9.93. The second-order valence-electron chi connectivity index (χ2n) is 13.8. The number of aromatic nitrogens is 2. The maximum atomic E-state index is 13.3. The van der Waals surface area contributed by atoms with Crippen LogP contribution in [0.2, 0.25) is 10.0 Å². The smallest absolute Gasteiger partial charge is 0.274 e. The molecule has 0 atom stereocenters. The van der Waals surface area contributed by atoms with E-state index in [9.17, 15) is 14.7 Å². The first kappa shape index (κ1) is 35.2. The van der Waals surface area contributed by atoms with Crippen molar-refractivity contribution in [1.29, 1.82) is 0 Å². The number of amides is 2. The molecule has 3 N–H and O–H groups in total. The van der Waals surface area contributed by atoms with Crippen molar-refractivity contribution in [1.82, 2.24) is 25.1 Å². The summed E-state index contributed by atoms with van der Waals surface area (Å²) in [7, 11) is 3.16. The first-order chi connectivity index (χ1) is 24.6. The van der Waals surface area contributed by atoms with Gasteiger partial charge in [-0.2, -0.15) is 0 Å². The van der Waals surface area contributed by atoms with Crippen LogP contribution in [0.3, 0.4) is 0 Å². The SMILES string of the molecule is COc1cc(C(=O)Nc2cccc(-c3cccc(-c4ccc(CN5CC6(C5)CN(C(C)=O)C6)c(OC)n4)c3Cl)c2Cl)ncc1CNC1CC(O)C1. The Morgan fingerprint density at radius 3 is 2.33 bits per heavy atom. The lowest BCUT2D eigenvalue weighted by molar-refractivity contribution is -0.157. The van der Waals surface area contributed by atoms with Crippen LogP contribution in [0.25, 0.3) is 22.4 Å². The van der Waals surface area contributed by atoms with Crippen LogP contribution >= 0.6 is 23.2 Å². The molecule has 2 aromatic heterocycles. The number of aliphatic hydroxyl groups excluding tert-OH is 1. The van der Waals surface area contributed by atoms with Gasteiger partial charge in [-0.25, -0.2) is 4.98 Å². The van der Waals surface area contributed by atoms with Crippen molar-refractivity contribution < 1.29 is 24.2 Å². The number of hydrogen-bond donors (Lipinski definition) is 3. The third-order valence-corrected chi connectivity index (χ3v) is 10.9. The topological polar surface area (TPSA) is 129 Å². The molecule has 2 aliphatic heterocycles. The Morgan fingerprint density at radius 2 is 1.65 bits per heavy atom. The fourth-order valence-electron chi connectivity index (χ4n) is 7.24. The molecule has 266 valence electrons. The largest absolute Gasteiger partial charge is 0.496 e. The number of aliphatic hydroxyl groups is 1. The zero-order valence-corrected chi connectivity index (χ0v) is 30.2. The van der Waals surface area contributed by atoms with Gasteiger partial charge in [-0.15, -0.1) is 0 Å². The average molecular weight is 732 g/mol. The fraction of sp³-hybridized carbons (Fsp3) is 0.368. The molecule has 3 aliphatic rings. The molecular weight excluding hydrogens is 691 g/mol. The van der Waals surface area contributed by atoms with Crippen molar-refractivity contribution >= 4 is 40.7 Å². The number of nitrogens with one attached hydrogen (secondary N) is 2. The molecule has 1 aliphatic carbocycles. The molecule has 4 heterocycles. The molecule has 2 aromatic carbocycles. The lowest BCUT2D eigenvalue weighted by Crippen LogP contribution is -2.72. The number of pyridine rings is 2. The Morgan fingerprint density at radius 1 is 0.941 bits per heavy atom. The fourth-order valence-corrected chi connectivity index (χ4v) is 7.84. The molecule has 1 saturated carbocycles. The van der Waals surface area contributed by atoms with E-state index >= 15 is 0 Å². The van der Waals surface area contributed by atoms with Gasteiger partial charge < -0.3 is 30.1 Å². The molecular formula is C38H40Cl2N6O5. The normalized spacial score (nSPS) is 19.1. The van der Waals surface area contributed by atoms with Crippen LogP contribution in [0.1, 0.15) is 41.4 Å². The molecule has 2 amide bonds. The maximum Gasteiger partial charge on any atom is 0.274 e. The zero-order valence-electron chi connectivity index (χ0n) is 28.7.